The molecule has 0 aromatic heterocycles. The first kappa shape index (κ1) is 25.6. The standard InChI is InChI=1S/C23H28N2O8S/c1-14-12-34-20-23(30-5,24-16(26)11-31-15-9-7-6-8-10-15)19(28)25(20)17(14)18(27)32-13-33-21(29)22(2,3)4/h6-10,20H,11-13H2,1-5H3,(H,24,26)/t20-,23?/m0/s1. The van der Waals surface area contributed by atoms with Gasteiger partial charge in [0, 0.05) is 12.9 Å². The van der Waals surface area contributed by atoms with Gasteiger partial charge in [-0.15, -0.1) is 11.8 Å². The number of thioether (sulfide) groups is 1. The van der Waals surface area contributed by atoms with Gasteiger partial charge in [0.2, 0.25) is 6.79 Å². The molecule has 0 saturated carbocycles. The van der Waals surface area contributed by atoms with Gasteiger partial charge >= 0.3 is 11.9 Å². The quantitative estimate of drug-likeness (QED) is 0.329. The smallest absolute Gasteiger partial charge is 0.357 e. The number of esters is 2. The number of β-lactam (4-membered cyclic amide) rings is 1. The molecule has 0 bridgehead atoms. The highest BCUT2D eigenvalue weighted by Crippen LogP contribution is 2.46. The van der Waals surface area contributed by atoms with Crippen LogP contribution in [-0.2, 0) is 33.4 Å². The molecule has 1 aromatic rings. The predicted octanol–water partition coefficient (Wildman–Crippen LogP) is 1.80. The molecule has 2 atom stereocenters. The van der Waals surface area contributed by atoms with Crippen LogP contribution in [0.1, 0.15) is 27.7 Å². The highest BCUT2D eigenvalue weighted by Gasteiger charge is 2.66. The van der Waals surface area contributed by atoms with Crippen molar-refractivity contribution in [1.29, 1.82) is 0 Å². The number of benzene rings is 1. The Kier molecular flexibility index (Phi) is 7.57. The maximum Gasteiger partial charge on any atom is 0.357 e. The van der Waals surface area contributed by atoms with Crippen molar-refractivity contribution < 1.29 is 38.1 Å². The molecule has 34 heavy (non-hydrogen) atoms. The van der Waals surface area contributed by atoms with E-state index in [9.17, 15) is 19.2 Å². The van der Waals surface area contributed by atoms with Gasteiger partial charge in [-0.25, -0.2) is 4.79 Å². The second-order valence-electron chi connectivity index (χ2n) is 8.79. The largest absolute Gasteiger partial charge is 0.484 e. The Hall–Kier alpha value is -3.05. The summed E-state index contributed by atoms with van der Waals surface area (Å²) in [7, 11) is 1.31. The zero-order chi connectivity index (χ0) is 25.1. The lowest BCUT2D eigenvalue weighted by Crippen LogP contribution is -2.80. The fourth-order valence-electron chi connectivity index (χ4n) is 3.35. The summed E-state index contributed by atoms with van der Waals surface area (Å²) in [6.45, 7) is 5.84. The van der Waals surface area contributed by atoms with Crippen LogP contribution in [0.3, 0.4) is 0 Å². The van der Waals surface area contributed by atoms with E-state index < -0.39 is 47.1 Å². The van der Waals surface area contributed by atoms with E-state index in [1.165, 1.54) is 23.8 Å². The lowest BCUT2D eigenvalue weighted by molar-refractivity contribution is -0.194. The number of carbonyl (C=O) groups is 4. The first-order valence-electron chi connectivity index (χ1n) is 10.5. The van der Waals surface area contributed by atoms with Crippen molar-refractivity contribution in [3.63, 3.8) is 0 Å². The molecule has 0 spiro atoms. The van der Waals surface area contributed by atoms with Crippen LogP contribution < -0.4 is 10.1 Å². The number of nitrogens with one attached hydrogen (secondary N) is 1. The van der Waals surface area contributed by atoms with Crippen LogP contribution >= 0.6 is 11.8 Å². The van der Waals surface area contributed by atoms with Crippen molar-refractivity contribution in [2.24, 2.45) is 5.41 Å². The van der Waals surface area contributed by atoms with Crippen LogP contribution in [0, 0.1) is 5.41 Å². The maximum atomic E-state index is 13.1. The fraction of sp³-hybridized carbons (Fsp3) is 0.478. The average Bonchev–Trinajstić information content (AvgIpc) is 2.80. The fourth-order valence-corrected chi connectivity index (χ4v) is 4.74. The molecule has 3 rings (SSSR count). The zero-order valence-corrected chi connectivity index (χ0v) is 20.5. The molecule has 0 aliphatic carbocycles. The van der Waals surface area contributed by atoms with Crippen molar-refractivity contribution in [3.8, 4) is 5.75 Å². The number of rotatable bonds is 8. The second-order valence-corrected chi connectivity index (χ2v) is 9.86. The number of fused-ring (bicyclic) bond motifs is 1. The van der Waals surface area contributed by atoms with E-state index in [-0.39, 0.29) is 12.3 Å². The molecule has 2 heterocycles. The van der Waals surface area contributed by atoms with Crippen molar-refractivity contribution >= 4 is 35.5 Å². The summed E-state index contributed by atoms with van der Waals surface area (Å²) in [5.41, 5.74) is -1.73. The van der Waals surface area contributed by atoms with Crippen molar-refractivity contribution in [2.45, 2.75) is 38.8 Å². The van der Waals surface area contributed by atoms with E-state index in [0.717, 1.165) is 0 Å². The number of carbonyl (C=O) groups excluding carboxylic acids is 4. The van der Waals surface area contributed by atoms with Gasteiger partial charge in [-0.1, -0.05) is 18.2 Å². The lowest BCUT2D eigenvalue weighted by atomic mass is 9.98. The third kappa shape index (κ3) is 5.05. The predicted molar refractivity (Wildman–Crippen MR) is 122 cm³/mol. The van der Waals surface area contributed by atoms with Gasteiger partial charge in [-0.05, 0) is 45.4 Å². The van der Waals surface area contributed by atoms with E-state index in [1.54, 1.807) is 52.0 Å². The summed E-state index contributed by atoms with van der Waals surface area (Å²) in [6, 6.07) is 8.78. The minimum Gasteiger partial charge on any atom is -0.484 e. The monoisotopic (exact) mass is 492 g/mol. The number of nitrogens with zero attached hydrogens (tertiary/aromatic N) is 1. The molecule has 2 amide bonds. The number of para-hydroxylation sites is 1. The van der Waals surface area contributed by atoms with E-state index in [0.29, 0.717) is 17.1 Å². The summed E-state index contributed by atoms with van der Waals surface area (Å²) >= 11 is 1.34. The average molecular weight is 493 g/mol. The Labute approximate surface area is 201 Å². The molecule has 2 aliphatic heterocycles. The Morgan fingerprint density at radius 2 is 1.85 bits per heavy atom. The first-order chi connectivity index (χ1) is 16.0. The van der Waals surface area contributed by atoms with E-state index in [2.05, 4.69) is 5.32 Å². The van der Waals surface area contributed by atoms with Gasteiger partial charge in [-0.3, -0.25) is 19.3 Å². The van der Waals surface area contributed by atoms with Gasteiger partial charge in [0.25, 0.3) is 17.5 Å². The Morgan fingerprint density at radius 3 is 2.47 bits per heavy atom. The number of amides is 2. The molecular formula is C23H28N2O8S. The maximum absolute atomic E-state index is 13.1. The van der Waals surface area contributed by atoms with E-state index in [1.807, 2.05) is 6.07 Å². The van der Waals surface area contributed by atoms with Crippen molar-refractivity contribution in [3.05, 3.63) is 41.6 Å². The molecule has 184 valence electrons. The number of ether oxygens (including phenoxy) is 4. The second kappa shape index (κ2) is 10.1. The highest BCUT2D eigenvalue weighted by atomic mass is 32.2. The third-order valence-corrected chi connectivity index (χ3v) is 6.63. The van der Waals surface area contributed by atoms with E-state index >= 15 is 0 Å². The minimum atomic E-state index is -1.65. The summed E-state index contributed by atoms with van der Waals surface area (Å²) in [5, 5.41) is 1.92. The molecular weight excluding hydrogens is 464 g/mol. The van der Waals surface area contributed by atoms with Crippen molar-refractivity contribution in [2.75, 3.05) is 26.3 Å². The molecule has 1 aromatic carbocycles. The number of hydrogen-bond donors (Lipinski definition) is 1. The molecule has 1 unspecified atom stereocenters. The number of hydrogen-bond acceptors (Lipinski definition) is 9. The van der Waals surface area contributed by atoms with Gasteiger partial charge in [0.05, 0.1) is 5.41 Å². The van der Waals surface area contributed by atoms with Crippen molar-refractivity contribution in [1.82, 2.24) is 10.2 Å². The summed E-state index contributed by atoms with van der Waals surface area (Å²) < 4.78 is 21.0. The van der Waals surface area contributed by atoms with Crippen LogP contribution in [0.15, 0.2) is 41.6 Å². The lowest BCUT2D eigenvalue weighted by Gasteiger charge is -2.55. The molecule has 1 N–H and O–H groups in total. The summed E-state index contributed by atoms with van der Waals surface area (Å²) in [5.74, 6) is -1.58. The topological polar surface area (TPSA) is 120 Å². The summed E-state index contributed by atoms with van der Waals surface area (Å²) in [4.78, 5) is 51.5. The Balaban J connectivity index is 1.65. The SMILES string of the molecule is COC1(NC(=O)COc2ccccc2)C(=O)N2C(C(=O)OCOC(=O)C(C)(C)C)=C(C)CS[C@H]21. The highest BCUT2D eigenvalue weighted by molar-refractivity contribution is 8.00. The molecule has 10 nitrogen and oxygen atoms in total. The van der Waals surface area contributed by atoms with Gasteiger partial charge in [0.1, 0.15) is 16.8 Å². The minimum absolute atomic E-state index is 0.0445. The van der Waals surface area contributed by atoms with Gasteiger partial charge < -0.3 is 24.3 Å². The van der Waals surface area contributed by atoms with Gasteiger partial charge in [-0.2, -0.15) is 0 Å². The van der Waals surface area contributed by atoms with Crippen LogP contribution in [0.4, 0.5) is 0 Å². The normalized spacial score (nSPS) is 21.9. The summed E-state index contributed by atoms with van der Waals surface area (Å²) in [6.07, 6.45) is 0. The van der Waals surface area contributed by atoms with Crippen LogP contribution in [0.2, 0.25) is 0 Å². The van der Waals surface area contributed by atoms with E-state index in [4.69, 9.17) is 18.9 Å². The Bertz CT molecular complexity index is 1000. The molecule has 11 heteroatoms. The molecule has 1 saturated heterocycles. The molecule has 1 fully saturated rings. The van der Waals surface area contributed by atoms with Crippen LogP contribution in [-0.4, -0.2) is 66.0 Å². The van der Waals surface area contributed by atoms with Gasteiger partial charge in [0.15, 0.2) is 6.61 Å². The Morgan fingerprint density at radius 1 is 1.18 bits per heavy atom. The zero-order valence-electron chi connectivity index (χ0n) is 19.7. The van der Waals surface area contributed by atoms with Crippen LogP contribution in [0.25, 0.3) is 0 Å². The van der Waals surface area contributed by atoms with Crippen LogP contribution in [0.5, 0.6) is 5.75 Å². The first-order valence-corrected chi connectivity index (χ1v) is 11.6. The molecule has 0 radical (unpaired) electrons. The number of methoxy groups -OCH3 is 1. The third-order valence-electron chi connectivity index (χ3n) is 5.17. The molecule has 2 aliphatic rings.